The van der Waals surface area contributed by atoms with Crippen LogP contribution in [-0.4, -0.2) is 25.0 Å². The number of nitrogens with zero attached hydrogens (tertiary/aromatic N) is 1. The average Bonchev–Trinajstić information content (AvgIpc) is 2.39. The Morgan fingerprint density at radius 3 is 2.84 bits per heavy atom. The molecule has 1 aromatic rings. The van der Waals surface area contributed by atoms with Gasteiger partial charge in [0.05, 0.1) is 18.1 Å². The van der Waals surface area contributed by atoms with Crippen molar-refractivity contribution in [2.45, 2.75) is 13.3 Å². The number of ether oxygens (including phenoxy) is 1. The second-order valence-corrected chi connectivity index (χ2v) is 3.80. The van der Waals surface area contributed by atoms with Gasteiger partial charge in [-0.25, -0.2) is 9.18 Å². The molecule has 0 aromatic heterocycles. The van der Waals surface area contributed by atoms with Crippen LogP contribution in [0.2, 0.25) is 0 Å². The first kappa shape index (κ1) is 14.6. The highest BCUT2D eigenvalue weighted by atomic mass is 19.1. The standard InChI is InChI=1S/C13H13FN2O3/c1-9-3-4-10(7-11(9)14)13(18)19-8-12(17)16-6-2-5-15/h3-4,7H,2,6,8H2,1H3,(H,16,17). The molecule has 19 heavy (non-hydrogen) atoms. The minimum atomic E-state index is -0.769. The van der Waals surface area contributed by atoms with Gasteiger partial charge in [-0.05, 0) is 24.6 Å². The molecule has 6 heteroatoms. The van der Waals surface area contributed by atoms with Gasteiger partial charge in [0.25, 0.3) is 5.91 Å². The molecule has 0 spiro atoms. The smallest absolute Gasteiger partial charge is 0.338 e. The van der Waals surface area contributed by atoms with Gasteiger partial charge < -0.3 is 10.1 Å². The summed E-state index contributed by atoms with van der Waals surface area (Å²) >= 11 is 0. The molecule has 1 aromatic carbocycles. The van der Waals surface area contributed by atoms with Crippen LogP contribution >= 0.6 is 0 Å². The Bertz CT molecular complexity index is 523. The maximum Gasteiger partial charge on any atom is 0.338 e. The lowest BCUT2D eigenvalue weighted by Gasteiger charge is -2.06. The quantitative estimate of drug-likeness (QED) is 0.642. The molecule has 0 saturated carbocycles. The van der Waals surface area contributed by atoms with E-state index in [1.165, 1.54) is 12.1 Å². The zero-order valence-electron chi connectivity index (χ0n) is 10.4. The van der Waals surface area contributed by atoms with Gasteiger partial charge in [0, 0.05) is 6.54 Å². The Hall–Kier alpha value is -2.42. The molecule has 1 amide bonds. The highest BCUT2D eigenvalue weighted by Crippen LogP contribution is 2.10. The zero-order chi connectivity index (χ0) is 14.3. The molecule has 100 valence electrons. The van der Waals surface area contributed by atoms with Crippen molar-refractivity contribution in [3.8, 4) is 6.07 Å². The van der Waals surface area contributed by atoms with Crippen molar-refractivity contribution in [2.75, 3.05) is 13.2 Å². The first-order valence-corrected chi connectivity index (χ1v) is 5.61. The summed E-state index contributed by atoms with van der Waals surface area (Å²) in [5.41, 5.74) is 0.471. The lowest BCUT2D eigenvalue weighted by Crippen LogP contribution is -2.29. The van der Waals surface area contributed by atoms with Crippen LogP contribution in [0.3, 0.4) is 0 Å². The van der Waals surface area contributed by atoms with E-state index in [0.717, 1.165) is 6.07 Å². The van der Waals surface area contributed by atoms with Crippen LogP contribution in [0.5, 0.6) is 0 Å². The van der Waals surface area contributed by atoms with Crippen LogP contribution in [-0.2, 0) is 9.53 Å². The lowest BCUT2D eigenvalue weighted by atomic mass is 10.1. The summed E-state index contributed by atoms with van der Waals surface area (Å²) in [5.74, 6) is -1.78. The van der Waals surface area contributed by atoms with E-state index in [4.69, 9.17) is 10.00 Å². The highest BCUT2D eigenvalue weighted by Gasteiger charge is 2.11. The molecule has 0 radical (unpaired) electrons. The fraction of sp³-hybridized carbons (Fsp3) is 0.308. The number of amides is 1. The van der Waals surface area contributed by atoms with Gasteiger partial charge in [0.1, 0.15) is 5.82 Å². The summed E-state index contributed by atoms with van der Waals surface area (Å²) < 4.78 is 17.9. The van der Waals surface area contributed by atoms with Crippen LogP contribution in [0.15, 0.2) is 18.2 Å². The number of carbonyl (C=O) groups is 2. The Balaban J connectivity index is 2.45. The number of hydrogen-bond acceptors (Lipinski definition) is 4. The second-order valence-electron chi connectivity index (χ2n) is 3.80. The van der Waals surface area contributed by atoms with E-state index in [1.54, 1.807) is 6.92 Å². The number of halogens is 1. The van der Waals surface area contributed by atoms with Crippen molar-refractivity contribution >= 4 is 11.9 Å². The van der Waals surface area contributed by atoms with E-state index in [1.807, 2.05) is 6.07 Å². The SMILES string of the molecule is Cc1ccc(C(=O)OCC(=O)NCCC#N)cc1F. The van der Waals surface area contributed by atoms with Crippen molar-refractivity contribution in [3.63, 3.8) is 0 Å². The van der Waals surface area contributed by atoms with Crippen LogP contribution in [0.4, 0.5) is 4.39 Å². The minimum Gasteiger partial charge on any atom is -0.452 e. The number of benzene rings is 1. The van der Waals surface area contributed by atoms with Gasteiger partial charge >= 0.3 is 5.97 Å². The number of nitrogens with one attached hydrogen (secondary N) is 1. The van der Waals surface area contributed by atoms with Gasteiger partial charge in [-0.3, -0.25) is 4.79 Å². The summed E-state index contributed by atoms with van der Waals surface area (Å²) in [6.45, 7) is 1.32. The number of carbonyl (C=O) groups excluding carboxylic acids is 2. The van der Waals surface area contributed by atoms with Crippen molar-refractivity contribution in [3.05, 3.63) is 35.1 Å². The summed E-state index contributed by atoms with van der Waals surface area (Å²) in [7, 11) is 0. The third-order valence-electron chi connectivity index (χ3n) is 2.30. The van der Waals surface area contributed by atoms with Gasteiger partial charge in [0.2, 0.25) is 0 Å². The van der Waals surface area contributed by atoms with Gasteiger partial charge in [-0.2, -0.15) is 5.26 Å². The van der Waals surface area contributed by atoms with Crippen molar-refractivity contribution in [1.29, 1.82) is 5.26 Å². The molecule has 0 atom stereocenters. The molecule has 0 bridgehead atoms. The first-order valence-electron chi connectivity index (χ1n) is 5.61. The average molecular weight is 264 g/mol. The monoisotopic (exact) mass is 264 g/mol. The van der Waals surface area contributed by atoms with E-state index >= 15 is 0 Å². The fourth-order valence-corrected chi connectivity index (χ4v) is 1.24. The third-order valence-corrected chi connectivity index (χ3v) is 2.30. The molecule has 0 saturated heterocycles. The molecule has 5 nitrogen and oxygen atoms in total. The summed E-state index contributed by atoms with van der Waals surface area (Å²) in [4.78, 5) is 22.7. The molecule has 1 rings (SSSR count). The molecule has 0 aliphatic rings. The molecular weight excluding hydrogens is 251 g/mol. The molecule has 0 fully saturated rings. The molecule has 1 N–H and O–H groups in total. The van der Waals surface area contributed by atoms with Gasteiger partial charge in [-0.15, -0.1) is 0 Å². The molecular formula is C13H13FN2O3. The van der Waals surface area contributed by atoms with E-state index < -0.39 is 24.3 Å². The van der Waals surface area contributed by atoms with Gasteiger partial charge in [0.15, 0.2) is 6.61 Å². The van der Waals surface area contributed by atoms with E-state index in [2.05, 4.69) is 5.32 Å². The van der Waals surface area contributed by atoms with Crippen molar-refractivity contribution < 1.29 is 18.7 Å². The third kappa shape index (κ3) is 4.76. The Morgan fingerprint density at radius 2 is 2.21 bits per heavy atom. The minimum absolute atomic E-state index is 0.0490. The van der Waals surface area contributed by atoms with Crippen molar-refractivity contribution in [1.82, 2.24) is 5.32 Å². The second kappa shape index (κ2) is 7.11. The van der Waals surface area contributed by atoms with E-state index in [-0.39, 0.29) is 18.5 Å². The maximum atomic E-state index is 13.2. The topological polar surface area (TPSA) is 79.2 Å². The Morgan fingerprint density at radius 1 is 1.47 bits per heavy atom. The molecule has 0 heterocycles. The number of hydrogen-bond donors (Lipinski definition) is 1. The number of aryl methyl sites for hydroxylation is 1. The normalized spacial score (nSPS) is 9.53. The zero-order valence-corrected chi connectivity index (χ0v) is 10.4. The largest absolute Gasteiger partial charge is 0.452 e. The van der Waals surface area contributed by atoms with E-state index in [9.17, 15) is 14.0 Å². The number of nitriles is 1. The lowest BCUT2D eigenvalue weighted by molar-refractivity contribution is -0.124. The van der Waals surface area contributed by atoms with Gasteiger partial charge in [-0.1, -0.05) is 6.07 Å². The maximum absolute atomic E-state index is 13.2. The molecule has 0 unspecified atom stereocenters. The number of rotatable bonds is 5. The first-order chi connectivity index (χ1) is 9.04. The van der Waals surface area contributed by atoms with E-state index in [0.29, 0.717) is 5.56 Å². The summed E-state index contributed by atoms with van der Waals surface area (Å²) in [6.07, 6.45) is 0.183. The molecule has 0 aliphatic heterocycles. The summed E-state index contributed by atoms with van der Waals surface area (Å²) in [5, 5.41) is 10.7. The van der Waals surface area contributed by atoms with Crippen LogP contribution < -0.4 is 5.32 Å². The van der Waals surface area contributed by atoms with Crippen LogP contribution in [0, 0.1) is 24.1 Å². The number of esters is 1. The van der Waals surface area contributed by atoms with Crippen molar-refractivity contribution in [2.24, 2.45) is 0 Å². The Labute approximate surface area is 110 Å². The van der Waals surface area contributed by atoms with Crippen LogP contribution in [0.1, 0.15) is 22.3 Å². The Kier molecular flexibility index (Phi) is 5.48. The summed E-state index contributed by atoms with van der Waals surface area (Å²) in [6, 6.07) is 5.80. The fourth-order valence-electron chi connectivity index (χ4n) is 1.24. The highest BCUT2D eigenvalue weighted by molar-refractivity contribution is 5.91. The predicted octanol–water partition coefficient (Wildman–Crippen LogP) is 1.32. The predicted molar refractivity (Wildman–Crippen MR) is 64.7 cm³/mol. The van der Waals surface area contributed by atoms with Crippen LogP contribution in [0.25, 0.3) is 0 Å². The molecule has 0 aliphatic carbocycles.